The summed E-state index contributed by atoms with van der Waals surface area (Å²) >= 11 is 0. The molecule has 1 aliphatic heterocycles. The SMILES string of the molecule is CC1(C)c2ccccc2-c2ccc(N(c3cccc(-c4ccc5c(c4)C4(c6ccccc6-5)c5ccccc5-n5c6ccccc6c6cccc4c65)c3)c3cccc4c3-c3ccccc3C4(c3ccccc3)c3ccccc3)cc21. The van der Waals surface area contributed by atoms with Crippen LogP contribution in [0.2, 0.25) is 0 Å². The van der Waals surface area contributed by atoms with E-state index < -0.39 is 10.8 Å². The summed E-state index contributed by atoms with van der Waals surface area (Å²) in [5.74, 6) is 0. The number of para-hydroxylation sites is 3. The Kier molecular flexibility index (Phi) is 9.07. The van der Waals surface area contributed by atoms with Gasteiger partial charge in [0.1, 0.15) is 0 Å². The zero-order valence-corrected chi connectivity index (χ0v) is 44.0. The Morgan fingerprint density at radius 3 is 1.63 bits per heavy atom. The molecule has 0 saturated carbocycles. The molecule has 0 bridgehead atoms. The van der Waals surface area contributed by atoms with Gasteiger partial charge in [0.25, 0.3) is 0 Å². The molecular weight excluding hydrogens is 953 g/mol. The molecule has 4 aliphatic rings. The van der Waals surface area contributed by atoms with Crippen molar-refractivity contribution in [3.63, 3.8) is 0 Å². The molecule has 1 spiro atoms. The van der Waals surface area contributed by atoms with E-state index in [2.05, 4.69) is 302 Å². The van der Waals surface area contributed by atoms with Gasteiger partial charge in [-0.15, -0.1) is 0 Å². The van der Waals surface area contributed by atoms with Crippen molar-refractivity contribution in [1.29, 1.82) is 0 Å². The molecule has 1 atom stereocenters. The fourth-order valence-electron chi connectivity index (χ4n) is 15.5. The number of hydrogen-bond acceptors (Lipinski definition) is 1. The minimum Gasteiger partial charge on any atom is -0.310 e. The van der Waals surface area contributed by atoms with Crippen LogP contribution in [0.1, 0.15) is 69.5 Å². The standard InChI is InChI=1S/C77H52N2/c1-75(2)62-33-13-9-28-55(62)57-45-43-54(48-68(57)75)78(72-41-21-37-66-73(72)61-31-11-15-35-64(61)76(66,51-23-5-3-6-24-51)52-25-7-4-8-26-52)53-27-19-22-49(46-53)50-42-44-58-56-29-10-14-34-63(56)77(69(58)47-50)65-36-16-18-40-71(65)79-70-39-17-12-30-59(70)60-32-20-38-67(77)74(60)79/h3-48H,1-2H3. The Morgan fingerprint density at radius 2 is 0.848 bits per heavy atom. The van der Waals surface area contributed by atoms with Gasteiger partial charge in [-0.2, -0.15) is 0 Å². The third-order valence-corrected chi connectivity index (χ3v) is 18.7. The van der Waals surface area contributed by atoms with Crippen molar-refractivity contribution in [2.75, 3.05) is 4.90 Å². The Labute approximate surface area is 460 Å². The maximum Gasteiger partial charge on any atom is 0.0754 e. The van der Waals surface area contributed by atoms with Crippen LogP contribution < -0.4 is 4.90 Å². The summed E-state index contributed by atoms with van der Waals surface area (Å²) in [6.07, 6.45) is 0. The molecule has 79 heavy (non-hydrogen) atoms. The first kappa shape index (κ1) is 44.4. The Bertz CT molecular complexity index is 4670. The zero-order chi connectivity index (χ0) is 52.2. The molecule has 0 amide bonds. The van der Waals surface area contributed by atoms with E-state index >= 15 is 0 Å². The van der Waals surface area contributed by atoms with Crippen LogP contribution in [0.25, 0.3) is 72.0 Å². The normalized spacial score (nSPS) is 16.0. The smallest absolute Gasteiger partial charge is 0.0754 e. The topological polar surface area (TPSA) is 8.17 Å². The van der Waals surface area contributed by atoms with E-state index in [1.54, 1.807) is 0 Å². The molecule has 12 aromatic carbocycles. The lowest BCUT2D eigenvalue weighted by Crippen LogP contribution is -2.33. The van der Waals surface area contributed by atoms with E-state index in [4.69, 9.17) is 0 Å². The molecule has 2 heterocycles. The lowest BCUT2D eigenvalue weighted by atomic mass is 9.65. The van der Waals surface area contributed by atoms with E-state index in [0.717, 1.165) is 22.6 Å². The Balaban J connectivity index is 0.908. The third-order valence-electron chi connectivity index (χ3n) is 18.7. The number of benzene rings is 12. The number of fused-ring (bicyclic) bond motifs is 18. The maximum absolute atomic E-state index is 2.56. The molecule has 0 saturated heterocycles. The summed E-state index contributed by atoms with van der Waals surface area (Å²) in [6, 6.07) is 106. The number of hydrogen-bond donors (Lipinski definition) is 0. The van der Waals surface area contributed by atoms with Crippen molar-refractivity contribution in [3.05, 3.63) is 335 Å². The molecule has 1 unspecified atom stereocenters. The molecule has 0 fully saturated rings. The van der Waals surface area contributed by atoms with Crippen LogP contribution in [0.15, 0.2) is 279 Å². The Morgan fingerprint density at radius 1 is 0.316 bits per heavy atom. The summed E-state index contributed by atoms with van der Waals surface area (Å²) in [5, 5.41) is 2.57. The van der Waals surface area contributed by atoms with Crippen molar-refractivity contribution in [1.82, 2.24) is 4.57 Å². The highest BCUT2D eigenvalue weighted by atomic mass is 15.1. The van der Waals surface area contributed by atoms with E-state index in [9.17, 15) is 0 Å². The van der Waals surface area contributed by atoms with Gasteiger partial charge in [0.15, 0.2) is 0 Å². The molecule has 3 aliphatic carbocycles. The highest BCUT2D eigenvalue weighted by Crippen LogP contribution is 2.63. The van der Waals surface area contributed by atoms with Gasteiger partial charge in [-0.1, -0.05) is 244 Å². The molecule has 2 nitrogen and oxygen atoms in total. The van der Waals surface area contributed by atoms with Crippen molar-refractivity contribution in [2.45, 2.75) is 30.1 Å². The minimum atomic E-state index is -0.553. The van der Waals surface area contributed by atoms with Gasteiger partial charge in [-0.05, 0) is 143 Å². The van der Waals surface area contributed by atoms with Gasteiger partial charge in [0.05, 0.1) is 33.2 Å². The van der Waals surface area contributed by atoms with Crippen LogP contribution in [0, 0.1) is 0 Å². The average molecular weight is 1010 g/mol. The van der Waals surface area contributed by atoms with Crippen LogP contribution in [0.3, 0.4) is 0 Å². The maximum atomic E-state index is 2.56. The van der Waals surface area contributed by atoms with Gasteiger partial charge >= 0.3 is 0 Å². The van der Waals surface area contributed by atoms with Crippen molar-refractivity contribution < 1.29 is 0 Å². The van der Waals surface area contributed by atoms with Crippen molar-refractivity contribution in [3.8, 4) is 50.2 Å². The van der Waals surface area contributed by atoms with E-state index in [1.165, 1.54) is 122 Å². The summed E-state index contributed by atoms with van der Waals surface area (Å²) < 4.78 is 2.53. The first-order valence-electron chi connectivity index (χ1n) is 27.8. The molecule has 0 radical (unpaired) electrons. The van der Waals surface area contributed by atoms with Crippen molar-refractivity contribution >= 4 is 38.9 Å². The average Bonchev–Trinajstić information content (AvgIpc) is 3.35. The largest absolute Gasteiger partial charge is 0.310 e. The third kappa shape index (κ3) is 5.70. The number of anilines is 3. The number of rotatable bonds is 6. The molecule has 17 rings (SSSR count). The van der Waals surface area contributed by atoms with Gasteiger partial charge in [-0.25, -0.2) is 0 Å². The van der Waals surface area contributed by atoms with Crippen molar-refractivity contribution in [2.24, 2.45) is 0 Å². The lowest BCUT2D eigenvalue weighted by molar-refractivity contribution is 0.660. The first-order chi connectivity index (χ1) is 39.0. The van der Waals surface area contributed by atoms with E-state index in [-0.39, 0.29) is 5.41 Å². The minimum absolute atomic E-state index is 0.190. The van der Waals surface area contributed by atoms with Gasteiger partial charge in [-0.3, -0.25) is 0 Å². The summed E-state index contributed by atoms with van der Waals surface area (Å²) in [5.41, 5.74) is 29.0. The molecule has 370 valence electrons. The summed E-state index contributed by atoms with van der Waals surface area (Å²) in [7, 11) is 0. The second-order valence-corrected chi connectivity index (χ2v) is 22.6. The highest BCUT2D eigenvalue weighted by Gasteiger charge is 2.51. The molecule has 1 aromatic heterocycles. The molecular formula is C77H52N2. The van der Waals surface area contributed by atoms with Gasteiger partial charge in [0, 0.05) is 33.1 Å². The predicted molar refractivity (Wildman–Crippen MR) is 327 cm³/mol. The predicted octanol–water partition coefficient (Wildman–Crippen LogP) is 19.3. The van der Waals surface area contributed by atoms with Crippen LogP contribution in [0.5, 0.6) is 0 Å². The monoisotopic (exact) mass is 1000 g/mol. The quantitative estimate of drug-likeness (QED) is 0.161. The first-order valence-corrected chi connectivity index (χ1v) is 27.8. The lowest BCUT2D eigenvalue weighted by Gasteiger charge is -2.39. The van der Waals surface area contributed by atoms with Crippen LogP contribution in [-0.4, -0.2) is 4.57 Å². The second kappa shape index (κ2) is 16.1. The van der Waals surface area contributed by atoms with Crippen LogP contribution >= 0.6 is 0 Å². The zero-order valence-electron chi connectivity index (χ0n) is 44.0. The van der Waals surface area contributed by atoms with Gasteiger partial charge in [0.2, 0.25) is 0 Å². The Hall–Kier alpha value is -9.76. The highest BCUT2D eigenvalue weighted by molar-refractivity contribution is 6.13. The second-order valence-electron chi connectivity index (χ2n) is 22.6. The molecule has 0 N–H and O–H groups in total. The van der Waals surface area contributed by atoms with Crippen LogP contribution in [0.4, 0.5) is 17.1 Å². The fourth-order valence-corrected chi connectivity index (χ4v) is 15.5. The van der Waals surface area contributed by atoms with Crippen LogP contribution in [-0.2, 0) is 16.2 Å². The molecule has 2 heteroatoms. The van der Waals surface area contributed by atoms with E-state index in [1.807, 2.05) is 0 Å². The summed E-state index contributed by atoms with van der Waals surface area (Å²) in [6.45, 7) is 4.78. The van der Waals surface area contributed by atoms with E-state index in [0.29, 0.717) is 0 Å². The number of aromatic nitrogens is 1. The van der Waals surface area contributed by atoms with Gasteiger partial charge < -0.3 is 9.47 Å². The fraction of sp³-hybridized carbons (Fsp3) is 0.0649. The molecule has 13 aromatic rings. The number of nitrogens with zero attached hydrogens (tertiary/aromatic N) is 2. The summed E-state index contributed by atoms with van der Waals surface area (Å²) in [4.78, 5) is 2.56.